The Morgan fingerprint density at radius 1 is 1.24 bits per heavy atom. The largest absolute Gasteiger partial charge is 0.494 e. The van der Waals surface area contributed by atoms with Crippen LogP contribution in [0.4, 0.5) is 0 Å². The number of ether oxygens (including phenoxy) is 2. The van der Waals surface area contributed by atoms with E-state index in [1.54, 1.807) is 24.3 Å². The average Bonchev–Trinajstić information content (AvgIpc) is 2.38. The van der Waals surface area contributed by atoms with Crippen molar-refractivity contribution in [3.63, 3.8) is 0 Å². The number of unbranched alkanes of at least 4 members (excludes halogenated alkanes) is 2. The molecule has 0 heterocycles. The Bertz CT molecular complexity index is 356. The maximum atomic E-state index is 11.2. The number of methoxy groups -OCH3 is 1. The van der Waals surface area contributed by atoms with Crippen LogP contribution in [0.15, 0.2) is 24.3 Å². The fraction of sp³-hybridized carbons (Fsp3) is 0.385. The maximum absolute atomic E-state index is 11.2. The SMILES string of the molecule is COC(=O)c1ccc(OCCCCC=O)cc1. The third-order valence-corrected chi connectivity index (χ3v) is 2.26. The Hall–Kier alpha value is -1.84. The van der Waals surface area contributed by atoms with Crippen LogP contribution in [0.1, 0.15) is 29.6 Å². The quantitative estimate of drug-likeness (QED) is 0.414. The van der Waals surface area contributed by atoms with E-state index in [1.165, 1.54) is 7.11 Å². The first kappa shape index (κ1) is 13.2. The lowest BCUT2D eigenvalue weighted by atomic mass is 10.2. The topological polar surface area (TPSA) is 52.6 Å². The molecule has 0 bridgehead atoms. The summed E-state index contributed by atoms with van der Waals surface area (Å²) in [5.74, 6) is 0.353. The lowest BCUT2D eigenvalue weighted by Gasteiger charge is -2.06. The first-order valence-electron chi connectivity index (χ1n) is 5.52. The van der Waals surface area contributed by atoms with Crippen LogP contribution in [0.3, 0.4) is 0 Å². The number of benzene rings is 1. The normalized spacial score (nSPS) is 9.71. The number of carbonyl (C=O) groups is 2. The first-order chi connectivity index (χ1) is 8.27. The second-order valence-electron chi connectivity index (χ2n) is 3.53. The summed E-state index contributed by atoms with van der Waals surface area (Å²) in [6.45, 7) is 0.575. The molecule has 1 aromatic carbocycles. The zero-order chi connectivity index (χ0) is 12.5. The highest BCUT2D eigenvalue weighted by Crippen LogP contribution is 2.13. The highest BCUT2D eigenvalue weighted by molar-refractivity contribution is 5.89. The van der Waals surface area contributed by atoms with Crippen LogP contribution in [0.2, 0.25) is 0 Å². The molecule has 1 rings (SSSR count). The summed E-state index contributed by atoms with van der Waals surface area (Å²) in [6, 6.07) is 6.77. The highest BCUT2D eigenvalue weighted by Gasteiger charge is 2.04. The fourth-order valence-electron chi connectivity index (χ4n) is 1.32. The van der Waals surface area contributed by atoms with E-state index in [0.717, 1.165) is 19.1 Å². The van der Waals surface area contributed by atoms with E-state index >= 15 is 0 Å². The van der Waals surface area contributed by atoms with Crippen LogP contribution in [-0.4, -0.2) is 26.0 Å². The molecule has 0 fully saturated rings. The second-order valence-corrected chi connectivity index (χ2v) is 3.53. The second kappa shape index (κ2) is 7.44. The fourth-order valence-corrected chi connectivity index (χ4v) is 1.32. The Morgan fingerprint density at radius 2 is 1.94 bits per heavy atom. The van der Waals surface area contributed by atoms with E-state index < -0.39 is 0 Å². The molecule has 1 aromatic rings. The molecule has 17 heavy (non-hydrogen) atoms. The van der Waals surface area contributed by atoms with Crippen molar-refractivity contribution >= 4 is 12.3 Å². The molecule has 0 unspecified atom stereocenters. The van der Waals surface area contributed by atoms with Crippen LogP contribution < -0.4 is 4.74 Å². The molecule has 92 valence electrons. The predicted octanol–water partition coefficient (Wildman–Crippen LogP) is 2.22. The van der Waals surface area contributed by atoms with E-state index in [0.29, 0.717) is 24.3 Å². The number of hydrogen-bond donors (Lipinski definition) is 0. The monoisotopic (exact) mass is 236 g/mol. The van der Waals surface area contributed by atoms with Gasteiger partial charge in [0.2, 0.25) is 0 Å². The summed E-state index contributed by atoms with van der Waals surface area (Å²) in [5.41, 5.74) is 0.501. The lowest BCUT2D eigenvalue weighted by molar-refractivity contribution is -0.107. The van der Waals surface area contributed by atoms with Crippen LogP contribution in [-0.2, 0) is 9.53 Å². The van der Waals surface area contributed by atoms with Gasteiger partial charge in [0, 0.05) is 6.42 Å². The molecular weight excluding hydrogens is 220 g/mol. The van der Waals surface area contributed by atoms with E-state index in [9.17, 15) is 9.59 Å². The Morgan fingerprint density at radius 3 is 2.53 bits per heavy atom. The molecule has 0 spiro atoms. The van der Waals surface area contributed by atoms with E-state index in [2.05, 4.69) is 4.74 Å². The average molecular weight is 236 g/mol. The summed E-state index contributed by atoms with van der Waals surface area (Å²) >= 11 is 0. The van der Waals surface area contributed by atoms with Crippen molar-refractivity contribution in [2.45, 2.75) is 19.3 Å². The minimum Gasteiger partial charge on any atom is -0.494 e. The summed E-state index contributed by atoms with van der Waals surface area (Å²) < 4.78 is 10.0. The van der Waals surface area contributed by atoms with Crippen molar-refractivity contribution in [3.05, 3.63) is 29.8 Å². The number of rotatable bonds is 7. The van der Waals surface area contributed by atoms with Gasteiger partial charge in [0.05, 0.1) is 19.3 Å². The zero-order valence-corrected chi connectivity index (χ0v) is 9.85. The van der Waals surface area contributed by atoms with Gasteiger partial charge in [-0.15, -0.1) is 0 Å². The smallest absolute Gasteiger partial charge is 0.337 e. The van der Waals surface area contributed by atoms with Gasteiger partial charge in [-0.05, 0) is 37.1 Å². The maximum Gasteiger partial charge on any atom is 0.337 e. The van der Waals surface area contributed by atoms with Crippen molar-refractivity contribution in [2.24, 2.45) is 0 Å². The van der Waals surface area contributed by atoms with Gasteiger partial charge in [0.15, 0.2) is 0 Å². The summed E-state index contributed by atoms with van der Waals surface area (Å²) in [7, 11) is 1.35. The molecule has 0 atom stereocenters. The molecule has 0 aromatic heterocycles. The molecule has 0 saturated carbocycles. The van der Waals surface area contributed by atoms with Crippen molar-refractivity contribution in [3.8, 4) is 5.75 Å². The van der Waals surface area contributed by atoms with Gasteiger partial charge in [-0.2, -0.15) is 0 Å². The number of esters is 1. The molecule has 0 aliphatic rings. The third-order valence-electron chi connectivity index (χ3n) is 2.26. The van der Waals surface area contributed by atoms with Crippen molar-refractivity contribution < 1.29 is 19.1 Å². The Kier molecular flexibility index (Phi) is 5.79. The van der Waals surface area contributed by atoms with Crippen molar-refractivity contribution in [1.82, 2.24) is 0 Å². The van der Waals surface area contributed by atoms with E-state index in [4.69, 9.17) is 4.74 Å². The Labute approximate surface area is 101 Å². The van der Waals surface area contributed by atoms with Crippen molar-refractivity contribution in [1.29, 1.82) is 0 Å². The number of hydrogen-bond acceptors (Lipinski definition) is 4. The van der Waals surface area contributed by atoms with Gasteiger partial charge in [-0.1, -0.05) is 0 Å². The van der Waals surface area contributed by atoms with Crippen LogP contribution >= 0.6 is 0 Å². The van der Waals surface area contributed by atoms with Gasteiger partial charge in [0.1, 0.15) is 12.0 Å². The lowest BCUT2D eigenvalue weighted by Crippen LogP contribution is -2.01. The standard InChI is InChI=1S/C13H16O4/c1-16-13(15)11-5-7-12(8-6-11)17-10-4-2-3-9-14/h5-9H,2-4,10H2,1H3. The number of carbonyl (C=O) groups excluding carboxylic acids is 2. The van der Waals surface area contributed by atoms with E-state index in [1.807, 2.05) is 0 Å². The minimum absolute atomic E-state index is 0.359. The zero-order valence-electron chi connectivity index (χ0n) is 9.85. The molecule has 4 nitrogen and oxygen atoms in total. The van der Waals surface area contributed by atoms with Gasteiger partial charge in [-0.3, -0.25) is 0 Å². The predicted molar refractivity (Wildman–Crippen MR) is 63.2 cm³/mol. The molecular formula is C13H16O4. The molecule has 4 heteroatoms. The number of aldehydes is 1. The van der Waals surface area contributed by atoms with Gasteiger partial charge < -0.3 is 14.3 Å². The molecule has 0 N–H and O–H groups in total. The molecule has 0 aliphatic heterocycles. The van der Waals surface area contributed by atoms with Crippen LogP contribution in [0.25, 0.3) is 0 Å². The molecule has 0 aliphatic carbocycles. The van der Waals surface area contributed by atoms with Gasteiger partial charge in [-0.25, -0.2) is 4.79 Å². The summed E-state index contributed by atoms with van der Waals surface area (Å²) in [6.07, 6.45) is 3.16. The molecule has 0 radical (unpaired) electrons. The third kappa shape index (κ3) is 4.68. The van der Waals surface area contributed by atoms with Gasteiger partial charge in [0.25, 0.3) is 0 Å². The summed E-state index contributed by atoms with van der Waals surface area (Å²) in [5, 5.41) is 0. The van der Waals surface area contributed by atoms with Crippen molar-refractivity contribution in [2.75, 3.05) is 13.7 Å². The minimum atomic E-state index is -0.359. The Balaban J connectivity index is 2.35. The molecule has 0 saturated heterocycles. The van der Waals surface area contributed by atoms with Gasteiger partial charge >= 0.3 is 5.97 Å². The van der Waals surface area contributed by atoms with Crippen LogP contribution in [0.5, 0.6) is 5.75 Å². The molecule has 0 amide bonds. The first-order valence-corrected chi connectivity index (χ1v) is 5.52. The van der Waals surface area contributed by atoms with Crippen LogP contribution in [0, 0.1) is 0 Å². The highest BCUT2D eigenvalue weighted by atomic mass is 16.5. The van der Waals surface area contributed by atoms with E-state index in [-0.39, 0.29) is 5.97 Å². The summed E-state index contributed by atoms with van der Waals surface area (Å²) in [4.78, 5) is 21.2.